The minimum atomic E-state index is -1.67. The van der Waals surface area contributed by atoms with Gasteiger partial charge >= 0.3 is 29.6 Å². The van der Waals surface area contributed by atoms with E-state index in [4.69, 9.17) is 30.6 Å². The average Bonchev–Trinajstić information content (AvgIpc) is 2.12. The summed E-state index contributed by atoms with van der Waals surface area (Å²) < 4.78 is 0. The third kappa shape index (κ3) is 6.25. The van der Waals surface area contributed by atoms with Crippen LogP contribution < -0.4 is 29.6 Å². The maximum atomic E-state index is 8.96. The number of hydrogen-bond acceptors (Lipinski definition) is 7. The standard InChI is InChI=1S/C6H14O6.Na.H2O/c7-1-3(9)5(11)6(12)4(10)2-8;;/h3-12H,1-2H2;;1H2/q;+1;/p-1/t3-,4+,5-,6-;;/m1../s1. The van der Waals surface area contributed by atoms with Crippen molar-refractivity contribution in [3.8, 4) is 0 Å². The molecule has 0 fully saturated rings. The molecule has 14 heavy (non-hydrogen) atoms. The van der Waals surface area contributed by atoms with E-state index in [1.807, 2.05) is 0 Å². The summed E-state index contributed by atoms with van der Waals surface area (Å²) in [5, 5.41) is 52.2. The van der Waals surface area contributed by atoms with Crippen LogP contribution in [-0.2, 0) is 0 Å². The molecule has 0 saturated carbocycles. The van der Waals surface area contributed by atoms with Crippen LogP contribution in [0.3, 0.4) is 0 Å². The van der Waals surface area contributed by atoms with Crippen molar-refractivity contribution < 1.29 is 65.7 Å². The van der Waals surface area contributed by atoms with Gasteiger partial charge in [0.2, 0.25) is 0 Å². The summed E-state index contributed by atoms with van der Waals surface area (Å²) in [4.78, 5) is 0. The Morgan fingerprint density at radius 3 is 1.07 bits per heavy atom. The maximum absolute atomic E-state index is 8.96. The molecule has 0 saturated heterocycles. The van der Waals surface area contributed by atoms with E-state index in [1.54, 1.807) is 0 Å². The molecule has 0 aliphatic rings. The van der Waals surface area contributed by atoms with E-state index >= 15 is 0 Å². The van der Waals surface area contributed by atoms with Crippen molar-refractivity contribution in [2.45, 2.75) is 24.4 Å². The Morgan fingerprint density at radius 2 is 0.929 bits per heavy atom. The Bertz CT molecular complexity index is 111. The van der Waals surface area contributed by atoms with Gasteiger partial charge in [-0.3, -0.25) is 0 Å². The minimum absolute atomic E-state index is 0. The van der Waals surface area contributed by atoms with Gasteiger partial charge < -0.3 is 36.1 Å². The van der Waals surface area contributed by atoms with E-state index in [2.05, 4.69) is 0 Å². The molecule has 0 bridgehead atoms. The molecule has 4 atom stereocenters. The van der Waals surface area contributed by atoms with E-state index in [-0.39, 0.29) is 35.0 Å². The molecule has 8 heteroatoms. The summed E-state index contributed by atoms with van der Waals surface area (Å²) in [5.74, 6) is 0. The summed E-state index contributed by atoms with van der Waals surface area (Å²) in [5.41, 5.74) is 0. The van der Waals surface area contributed by atoms with Gasteiger partial charge in [0.25, 0.3) is 0 Å². The van der Waals surface area contributed by atoms with Gasteiger partial charge in [-0.2, -0.15) is 0 Å². The zero-order valence-corrected chi connectivity index (χ0v) is 9.85. The van der Waals surface area contributed by atoms with Crippen LogP contribution in [0.4, 0.5) is 0 Å². The van der Waals surface area contributed by atoms with Crippen LogP contribution in [0.1, 0.15) is 0 Å². The topological polar surface area (TPSA) is 151 Å². The van der Waals surface area contributed by atoms with Crippen molar-refractivity contribution >= 4 is 0 Å². The largest absolute Gasteiger partial charge is 1.00 e. The van der Waals surface area contributed by atoms with Gasteiger partial charge in [0.1, 0.15) is 24.4 Å². The molecular formula is C6H15NaO7. The molecular weight excluding hydrogens is 207 g/mol. The monoisotopic (exact) mass is 222 g/mol. The fraction of sp³-hybridized carbons (Fsp3) is 1.00. The van der Waals surface area contributed by atoms with Crippen LogP contribution in [0.2, 0.25) is 0 Å². The second kappa shape index (κ2) is 10.2. The van der Waals surface area contributed by atoms with Crippen LogP contribution in [-0.4, -0.2) is 73.7 Å². The molecule has 0 aromatic rings. The quantitative estimate of drug-likeness (QED) is 0.253. The van der Waals surface area contributed by atoms with E-state index < -0.39 is 37.6 Å². The third-order valence-corrected chi connectivity index (χ3v) is 1.51. The Balaban J connectivity index is -0.000000605. The molecule has 0 aliphatic carbocycles. The predicted octanol–water partition coefficient (Wildman–Crippen LogP) is -6.76. The second-order valence-electron chi connectivity index (χ2n) is 2.48. The van der Waals surface area contributed by atoms with Crippen LogP contribution in [0.25, 0.3) is 0 Å². The minimum Gasteiger partial charge on any atom is -0.870 e. The molecule has 0 aromatic heterocycles. The summed E-state index contributed by atoms with van der Waals surface area (Å²) >= 11 is 0. The molecule has 7 nitrogen and oxygen atoms in total. The number of hydrogen-bond donors (Lipinski definition) is 6. The van der Waals surface area contributed by atoms with Crippen molar-refractivity contribution in [3.63, 3.8) is 0 Å². The van der Waals surface area contributed by atoms with E-state index in [1.165, 1.54) is 0 Å². The van der Waals surface area contributed by atoms with Crippen molar-refractivity contribution in [1.82, 2.24) is 0 Å². The summed E-state index contributed by atoms with van der Waals surface area (Å²) in [6.45, 7) is -1.45. The Morgan fingerprint density at radius 1 is 0.714 bits per heavy atom. The molecule has 0 rings (SSSR count). The maximum Gasteiger partial charge on any atom is 1.00 e. The molecule has 0 spiro atoms. The van der Waals surface area contributed by atoms with Gasteiger partial charge in [0.15, 0.2) is 0 Å². The molecule has 82 valence electrons. The first-order valence-corrected chi connectivity index (χ1v) is 3.48. The third-order valence-electron chi connectivity index (χ3n) is 1.51. The van der Waals surface area contributed by atoms with Crippen LogP contribution >= 0.6 is 0 Å². The molecule has 7 N–H and O–H groups in total. The molecule has 0 heterocycles. The first-order chi connectivity index (χ1) is 5.54. The van der Waals surface area contributed by atoms with Gasteiger partial charge in [-0.25, -0.2) is 0 Å². The molecule has 0 aliphatic heterocycles. The van der Waals surface area contributed by atoms with Gasteiger partial charge in [-0.05, 0) is 0 Å². The first kappa shape index (κ1) is 20.2. The second-order valence-corrected chi connectivity index (χ2v) is 2.48. The van der Waals surface area contributed by atoms with Crippen molar-refractivity contribution in [2.75, 3.05) is 13.2 Å². The van der Waals surface area contributed by atoms with Gasteiger partial charge in [0, 0.05) is 0 Å². The fourth-order valence-corrected chi connectivity index (χ4v) is 0.671. The Hall–Kier alpha value is 0.720. The summed E-state index contributed by atoms with van der Waals surface area (Å²) in [6.07, 6.45) is -6.39. The molecule has 0 aromatic carbocycles. The van der Waals surface area contributed by atoms with E-state index in [0.29, 0.717) is 0 Å². The Kier molecular flexibility index (Phi) is 14.8. The molecule has 0 unspecified atom stereocenters. The SMILES string of the molecule is OC[C@@H](O)[C@@H](O)[C@H](O)[C@@H](O)CO.[Na+].[OH-]. The summed E-state index contributed by atoms with van der Waals surface area (Å²) in [6, 6.07) is 0. The number of rotatable bonds is 5. The molecule has 0 radical (unpaired) electrons. The molecule has 0 amide bonds. The number of aliphatic hydroxyl groups excluding tert-OH is 6. The predicted molar refractivity (Wildman–Crippen MR) is 40.1 cm³/mol. The van der Waals surface area contributed by atoms with Crippen molar-refractivity contribution in [1.29, 1.82) is 0 Å². The Labute approximate surface area is 103 Å². The van der Waals surface area contributed by atoms with Gasteiger partial charge in [0.05, 0.1) is 13.2 Å². The van der Waals surface area contributed by atoms with Crippen LogP contribution in [0, 0.1) is 0 Å². The van der Waals surface area contributed by atoms with Gasteiger partial charge in [-0.1, -0.05) is 0 Å². The van der Waals surface area contributed by atoms with E-state index in [9.17, 15) is 0 Å². The summed E-state index contributed by atoms with van der Waals surface area (Å²) in [7, 11) is 0. The van der Waals surface area contributed by atoms with E-state index in [0.717, 1.165) is 0 Å². The number of aliphatic hydroxyl groups is 6. The fourth-order valence-electron chi connectivity index (χ4n) is 0.671. The average molecular weight is 222 g/mol. The smallest absolute Gasteiger partial charge is 0.870 e. The van der Waals surface area contributed by atoms with Crippen molar-refractivity contribution in [3.05, 3.63) is 0 Å². The van der Waals surface area contributed by atoms with Gasteiger partial charge in [-0.15, -0.1) is 0 Å². The normalized spacial score (nSPS) is 18.4. The van der Waals surface area contributed by atoms with Crippen LogP contribution in [0.15, 0.2) is 0 Å². The van der Waals surface area contributed by atoms with Crippen molar-refractivity contribution in [2.24, 2.45) is 0 Å². The first-order valence-electron chi connectivity index (χ1n) is 3.48. The zero-order chi connectivity index (χ0) is 9.72. The van der Waals surface area contributed by atoms with Crippen LogP contribution in [0.5, 0.6) is 0 Å². The zero-order valence-electron chi connectivity index (χ0n) is 7.85.